The summed E-state index contributed by atoms with van der Waals surface area (Å²) in [5.41, 5.74) is -0.645. The monoisotopic (exact) mass is 402 g/mol. The molecular weight excluding hydrogens is 376 g/mol. The number of hydrogen-bond donors (Lipinski definition) is 1. The highest BCUT2D eigenvalue weighted by atomic mass is 16.5. The fourth-order valence-corrected chi connectivity index (χ4v) is 4.44. The molecule has 3 aliphatic rings. The van der Waals surface area contributed by atoms with Crippen LogP contribution in [0.5, 0.6) is 5.75 Å². The second-order valence-corrected chi connectivity index (χ2v) is 7.97. The van der Waals surface area contributed by atoms with Crippen molar-refractivity contribution in [3.8, 4) is 5.75 Å². The third-order valence-electron chi connectivity index (χ3n) is 6.39. The maximum absolute atomic E-state index is 13.3. The van der Waals surface area contributed by atoms with Crippen molar-refractivity contribution < 1.29 is 29.0 Å². The van der Waals surface area contributed by atoms with Gasteiger partial charge in [0.2, 0.25) is 5.91 Å². The molecule has 0 unspecified atom stereocenters. The fourth-order valence-electron chi connectivity index (χ4n) is 4.44. The highest BCUT2D eigenvalue weighted by Gasteiger charge is 2.54. The average Bonchev–Trinajstić information content (AvgIpc) is 3.05. The number of amides is 2. The lowest BCUT2D eigenvalue weighted by molar-refractivity contribution is -0.151. The summed E-state index contributed by atoms with van der Waals surface area (Å²) in [7, 11) is 1.51. The second kappa shape index (κ2) is 7.67. The molecule has 1 atom stereocenters. The third-order valence-corrected chi connectivity index (χ3v) is 6.39. The van der Waals surface area contributed by atoms with E-state index in [2.05, 4.69) is 0 Å². The molecule has 2 heterocycles. The van der Waals surface area contributed by atoms with E-state index in [1.807, 2.05) is 4.90 Å². The summed E-state index contributed by atoms with van der Waals surface area (Å²) in [5, 5.41) is 9.68. The maximum atomic E-state index is 13.3. The minimum atomic E-state index is -1.09. The van der Waals surface area contributed by atoms with Gasteiger partial charge in [-0.15, -0.1) is 0 Å². The molecule has 156 valence electrons. The number of rotatable bonds is 4. The van der Waals surface area contributed by atoms with E-state index in [0.29, 0.717) is 37.2 Å². The Bertz CT molecular complexity index is 813. The smallest absolute Gasteiger partial charge is 0.328 e. The summed E-state index contributed by atoms with van der Waals surface area (Å²) in [4.78, 5) is 40.9. The van der Waals surface area contributed by atoms with Gasteiger partial charge in [0.1, 0.15) is 11.5 Å². The summed E-state index contributed by atoms with van der Waals surface area (Å²) in [6.45, 7) is 0.870. The van der Waals surface area contributed by atoms with Gasteiger partial charge in [-0.3, -0.25) is 14.5 Å². The number of methoxy groups -OCH3 is 1. The third kappa shape index (κ3) is 3.46. The van der Waals surface area contributed by atoms with Crippen molar-refractivity contribution in [1.29, 1.82) is 0 Å². The number of ether oxygens (including phenoxy) is 2. The maximum Gasteiger partial charge on any atom is 0.328 e. The molecule has 1 aromatic rings. The first kappa shape index (κ1) is 19.7. The first-order chi connectivity index (χ1) is 13.9. The Morgan fingerprint density at radius 2 is 1.93 bits per heavy atom. The number of aliphatic carboxylic acids is 1. The van der Waals surface area contributed by atoms with Crippen LogP contribution >= 0.6 is 0 Å². The Hall–Kier alpha value is -2.61. The molecule has 1 aliphatic carbocycles. The van der Waals surface area contributed by atoms with E-state index in [1.165, 1.54) is 12.0 Å². The van der Waals surface area contributed by atoms with Gasteiger partial charge in [-0.2, -0.15) is 0 Å². The van der Waals surface area contributed by atoms with Crippen LogP contribution in [0.3, 0.4) is 0 Å². The first-order valence-corrected chi connectivity index (χ1v) is 10.1. The molecule has 1 N–H and O–H groups in total. The van der Waals surface area contributed by atoms with Gasteiger partial charge < -0.3 is 19.5 Å². The molecule has 3 fully saturated rings. The largest absolute Gasteiger partial charge is 0.497 e. The minimum absolute atomic E-state index is 0.0540. The topological polar surface area (TPSA) is 96.4 Å². The number of carbonyl (C=O) groups is 3. The van der Waals surface area contributed by atoms with Gasteiger partial charge >= 0.3 is 5.97 Å². The molecule has 29 heavy (non-hydrogen) atoms. The number of piperidine rings is 1. The number of hydrogen-bond acceptors (Lipinski definition) is 5. The highest BCUT2D eigenvalue weighted by molar-refractivity contribution is 5.97. The molecule has 1 saturated carbocycles. The Morgan fingerprint density at radius 3 is 2.52 bits per heavy atom. The van der Waals surface area contributed by atoms with Crippen LogP contribution in [-0.4, -0.2) is 71.3 Å². The molecule has 0 aromatic heterocycles. The zero-order chi connectivity index (χ0) is 20.6. The molecular formula is C21H26N2O6. The second-order valence-electron chi connectivity index (χ2n) is 7.97. The van der Waals surface area contributed by atoms with E-state index < -0.39 is 23.6 Å². The fraction of sp³-hybridized carbons (Fsp3) is 0.571. The normalized spacial score (nSPS) is 23.7. The SMILES string of the molecule is COc1cccc(C(=O)N2[C@@H](C(=O)O)COC23CCN(C(=O)C2CCC2)CC3)c1. The predicted octanol–water partition coefficient (Wildman–Crippen LogP) is 1.74. The molecule has 0 bridgehead atoms. The molecule has 1 spiro atoms. The lowest BCUT2D eigenvalue weighted by Gasteiger charge is -2.45. The standard InChI is InChI=1S/C21H26N2O6/c1-28-16-7-3-6-15(12-16)19(25)23-17(20(26)27)13-29-21(23)8-10-22(11-9-21)18(24)14-4-2-5-14/h3,6-7,12,14,17H,2,4-5,8-11,13H2,1H3,(H,26,27)/t17-/m1/s1. The average molecular weight is 402 g/mol. The van der Waals surface area contributed by atoms with Crippen LogP contribution in [0.25, 0.3) is 0 Å². The van der Waals surface area contributed by atoms with E-state index in [-0.39, 0.29) is 18.4 Å². The van der Waals surface area contributed by atoms with Crippen molar-refractivity contribution in [2.24, 2.45) is 5.92 Å². The van der Waals surface area contributed by atoms with Crippen LogP contribution in [0.2, 0.25) is 0 Å². The van der Waals surface area contributed by atoms with Gasteiger partial charge in [-0.25, -0.2) is 4.79 Å². The van der Waals surface area contributed by atoms with E-state index in [9.17, 15) is 19.5 Å². The summed E-state index contributed by atoms with van der Waals surface area (Å²) in [5.74, 6) is -0.671. The van der Waals surface area contributed by atoms with Crippen LogP contribution in [0.15, 0.2) is 24.3 Å². The van der Waals surface area contributed by atoms with E-state index >= 15 is 0 Å². The number of carboxylic acids is 1. The van der Waals surface area contributed by atoms with Crippen molar-refractivity contribution >= 4 is 17.8 Å². The van der Waals surface area contributed by atoms with Crippen LogP contribution < -0.4 is 4.74 Å². The van der Waals surface area contributed by atoms with Gasteiger partial charge in [0.15, 0.2) is 6.04 Å². The molecule has 1 aromatic carbocycles. The van der Waals surface area contributed by atoms with Crippen LogP contribution in [0.1, 0.15) is 42.5 Å². The van der Waals surface area contributed by atoms with Gasteiger partial charge in [0, 0.05) is 37.4 Å². The molecule has 2 saturated heterocycles. The lowest BCUT2D eigenvalue weighted by Crippen LogP contribution is -2.59. The van der Waals surface area contributed by atoms with Gasteiger partial charge in [0.05, 0.1) is 13.7 Å². The van der Waals surface area contributed by atoms with Crippen molar-refractivity contribution in [2.45, 2.75) is 43.9 Å². The number of benzene rings is 1. The molecule has 0 radical (unpaired) electrons. The summed E-state index contributed by atoms with van der Waals surface area (Å²) in [6, 6.07) is 5.62. The number of likely N-dealkylation sites (tertiary alicyclic amines) is 1. The van der Waals surface area contributed by atoms with E-state index in [4.69, 9.17) is 9.47 Å². The zero-order valence-corrected chi connectivity index (χ0v) is 16.5. The highest BCUT2D eigenvalue weighted by Crippen LogP contribution is 2.39. The number of nitrogens with zero attached hydrogens (tertiary/aromatic N) is 2. The Kier molecular flexibility index (Phi) is 5.21. The van der Waals surface area contributed by atoms with Crippen LogP contribution in [-0.2, 0) is 14.3 Å². The van der Waals surface area contributed by atoms with Crippen LogP contribution in [0, 0.1) is 5.92 Å². The van der Waals surface area contributed by atoms with Crippen LogP contribution in [0.4, 0.5) is 0 Å². The van der Waals surface area contributed by atoms with E-state index in [1.54, 1.807) is 24.3 Å². The van der Waals surface area contributed by atoms with Crippen molar-refractivity contribution in [2.75, 3.05) is 26.8 Å². The molecule has 2 aliphatic heterocycles. The molecule has 4 rings (SSSR count). The van der Waals surface area contributed by atoms with Crippen molar-refractivity contribution in [3.05, 3.63) is 29.8 Å². The van der Waals surface area contributed by atoms with Crippen molar-refractivity contribution in [3.63, 3.8) is 0 Å². The van der Waals surface area contributed by atoms with Gasteiger partial charge in [-0.05, 0) is 31.0 Å². The van der Waals surface area contributed by atoms with Gasteiger partial charge in [-0.1, -0.05) is 12.5 Å². The summed E-state index contributed by atoms with van der Waals surface area (Å²) < 4.78 is 11.1. The predicted molar refractivity (Wildman–Crippen MR) is 102 cm³/mol. The molecule has 8 heteroatoms. The molecule has 8 nitrogen and oxygen atoms in total. The first-order valence-electron chi connectivity index (χ1n) is 10.1. The Labute approximate surface area is 169 Å². The van der Waals surface area contributed by atoms with Crippen molar-refractivity contribution in [1.82, 2.24) is 9.80 Å². The quantitative estimate of drug-likeness (QED) is 0.824. The lowest BCUT2D eigenvalue weighted by atomic mass is 9.83. The van der Waals surface area contributed by atoms with Gasteiger partial charge in [0.25, 0.3) is 5.91 Å². The zero-order valence-electron chi connectivity index (χ0n) is 16.5. The Balaban J connectivity index is 1.56. The number of carboxylic acid groups (broad SMARTS) is 1. The molecule has 2 amide bonds. The van der Waals surface area contributed by atoms with E-state index in [0.717, 1.165) is 19.3 Å². The minimum Gasteiger partial charge on any atom is -0.497 e. The number of carbonyl (C=O) groups excluding carboxylic acids is 2. The summed E-state index contributed by atoms with van der Waals surface area (Å²) in [6.07, 6.45) is 3.80. The summed E-state index contributed by atoms with van der Waals surface area (Å²) >= 11 is 0. The Morgan fingerprint density at radius 1 is 1.21 bits per heavy atom.